The van der Waals surface area contributed by atoms with Crippen molar-refractivity contribution in [3.8, 4) is 0 Å². The minimum Gasteiger partial charge on any atom is -0.463 e. The lowest BCUT2D eigenvalue weighted by molar-refractivity contribution is -0.152. The number of hydrogen-bond donors (Lipinski definition) is 0. The average Bonchev–Trinajstić information content (AvgIpc) is 2.75. The molecular formula is C13H21NO4S. The van der Waals surface area contributed by atoms with Crippen molar-refractivity contribution >= 4 is 22.8 Å². The number of thioether (sulfide) groups is 1. The number of nitrogens with zero attached hydrogens (tertiary/aromatic N) is 1. The molecule has 2 unspecified atom stereocenters. The number of methoxy groups -OCH3 is 1. The molecule has 0 N–H and O–H groups in total. The Morgan fingerprint density at radius 1 is 1.42 bits per heavy atom. The van der Waals surface area contributed by atoms with E-state index in [1.54, 1.807) is 18.9 Å². The largest absolute Gasteiger partial charge is 0.463 e. The number of carbonyl (C=O) groups is 1. The Morgan fingerprint density at radius 3 is 2.79 bits per heavy atom. The molecule has 2 aliphatic heterocycles. The Balaban J connectivity index is 1.99. The number of carbonyl (C=O) groups excluding carboxylic acids is 1. The van der Waals surface area contributed by atoms with E-state index in [1.165, 1.54) is 6.92 Å². The van der Waals surface area contributed by atoms with Crippen LogP contribution in [0.15, 0.2) is 4.99 Å². The molecule has 108 valence electrons. The predicted octanol–water partition coefficient (Wildman–Crippen LogP) is 1.71. The third kappa shape index (κ3) is 3.30. The Bertz CT molecular complexity index is 374. The van der Waals surface area contributed by atoms with Crippen LogP contribution in [0.4, 0.5) is 0 Å². The molecule has 2 rings (SSSR count). The molecule has 0 amide bonds. The fraction of sp³-hybridized carbons (Fsp3) is 0.846. The first-order valence-corrected chi connectivity index (χ1v) is 7.42. The summed E-state index contributed by atoms with van der Waals surface area (Å²) >= 11 is 1.63. The van der Waals surface area contributed by atoms with Gasteiger partial charge in [0.15, 0.2) is 0 Å². The molecule has 0 aromatic heterocycles. The third-order valence-electron chi connectivity index (χ3n) is 3.81. The van der Waals surface area contributed by atoms with E-state index in [-0.39, 0.29) is 23.6 Å². The van der Waals surface area contributed by atoms with Crippen LogP contribution in [0.25, 0.3) is 0 Å². The second kappa shape index (κ2) is 6.24. The van der Waals surface area contributed by atoms with Gasteiger partial charge in [0.25, 0.3) is 0 Å². The molecule has 1 fully saturated rings. The van der Waals surface area contributed by atoms with Crippen LogP contribution in [0, 0.1) is 11.8 Å². The van der Waals surface area contributed by atoms with Gasteiger partial charge in [0, 0.05) is 14.0 Å². The summed E-state index contributed by atoms with van der Waals surface area (Å²) in [4.78, 5) is 15.6. The Morgan fingerprint density at radius 2 is 2.16 bits per heavy atom. The number of fused-ring (bicyclic) bond motifs is 1. The van der Waals surface area contributed by atoms with Crippen LogP contribution in [0.3, 0.4) is 0 Å². The number of esters is 1. The molecule has 2 heterocycles. The predicted molar refractivity (Wildman–Crippen MR) is 74.3 cm³/mol. The summed E-state index contributed by atoms with van der Waals surface area (Å²) in [7, 11) is 1.67. The highest BCUT2D eigenvalue weighted by molar-refractivity contribution is 8.14. The van der Waals surface area contributed by atoms with E-state index >= 15 is 0 Å². The molecule has 0 aromatic rings. The fourth-order valence-electron chi connectivity index (χ4n) is 2.47. The van der Waals surface area contributed by atoms with Crippen LogP contribution in [0.2, 0.25) is 0 Å². The van der Waals surface area contributed by atoms with Gasteiger partial charge in [0.2, 0.25) is 0 Å². The van der Waals surface area contributed by atoms with E-state index in [0.29, 0.717) is 25.0 Å². The molecule has 0 saturated carbocycles. The summed E-state index contributed by atoms with van der Waals surface area (Å²) < 4.78 is 16.2. The lowest BCUT2D eigenvalue weighted by Crippen LogP contribution is -2.47. The maximum Gasteiger partial charge on any atom is 0.302 e. The lowest BCUT2D eigenvalue weighted by atomic mass is 9.83. The number of ether oxygens (including phenoxy) is 3. The van der Waals surface area contributed by atoms with Crippen molar-refractivity contribution in [2.75, 3.05) is 20.3 Å². The summed E-state index contributed by atoms with van der Waals surface area (Å²) in [6, 6.07) is 0.179. The first-order chi connectivity index (χ1) is 9.02. The van der Waals surface area contributed by atoms with Crippen LogP contribution in [-0.2, 0) is 19.0 Å². The van der Waals surface area contributed by atoms with Crippen molar-refractivity contribution in [1.82, 2.24) is 0 Å². The van der Waals surface area contributed by atoms with Gasteiger partial charge in [-0.2, -0.15) is 0 Å². The van der Waals surface area contributed by atoms with E-state index in [4.69, 9.17) is 14.2 Å². The SMILES string of the molecule is COCC1=NC2C(O[C@H](COC(C)=O)[C@@H](C)[C@@H]2C)S1. The molecule has 5 nitrogen and oxygen atoms in total. The van der Waals surface area contributed by atoms with E-state index in [0.717, 1.165) is 5.04 Å². The van der Waals surface area contributed by atoms with Gasteiger partial charge in [-0.1, -0.05) is 25.6 Å². The van der Waals surface area contributed by atoms with E-state index in [9.17, 15) is 4.79 Å². The van der Waals surface area contributed by atoms with Crippen molar-refractivity contribution in [2.24, 2.45) is 16.8 Å². The molecule has 2 aliphatic rings. The van der Waals surface area contributed by atoms with Gasteiger partial charge in [0.1, 0.15) is 12.0 Å². The maximum absolute atomic E-state index is 10.9. The molecule has 0 bridgehead atoms. The molecule has 5 atom stereocenters. The van der Waals surface area contributed by atoms with Gasteiger partial charge in [-0.05, 0) is 11.8 Å². The molecule has 0 spiro atoms. The van der Waals surface area contributed by atoms with Gasteiger partial charge in [-0.25, -0.2) is 0 Å². The molecule has 0 radical (unpaired) electrons. The quantitative estimate of drug-likeness (QED) is 0.737. The van der Waals surface area contributed by atoms with Gasteiger partial charge in [-0.3, -0.25) is 9.79 Å². The summed E-state index contributed by atoms with van der Waals surface area (Å²) in [5, 5.41) is 0.990. The monoisotopic (exact) mass is 287 g/mol. The first kappa shape index (κ1) is 14.8. The number of hydrogen-bond acceptors (Lipinski definition) is 6. The van der Waals surface area contributed by atoms with E-state index in [1.807, 2.05) is 0 Å². The van der Waals surface area contributed by atoms with Gasteiger partial charge in [0.05, 0.1) is 23.8 Å². The topological polar surface area (TPSA) is 57.1 Å². The fourth-order valence-corrected chi connectivity index (χ4v) is 3.75. The highest BCUT2D eigenvalue weighted by Gasteiger charge is 2.45. The maximum atomic E-state index is 10.9. The average molecular weight is 287 g/mol. The van der Waals surface area contributed by atoms with Gasteiger partial charge in [-0.15, -0.1) is 0 Å². The lowest BCUT2D eigenvalue weighted by Gasteiger charge is -2.40. The summed E-state index contributed by atoms with van der Waals surface area (Å²) in [6.45, 7) is 6.60. The van der Waals surface area contributed by atoms with Crippen LogP contribution < -0.4 is 0 Å². The Kier molecular flexibility index (Phi) is 4.86. The second-order valence-corrected chi connectivity index (χ2v) is 6.30. The smallest absolute Gasteiger partial charge is 0.302 e. The van der Waals surface area contributed by atoms with Crippen LogP contribution in [0.1, 0.15) is 20.8 Å². The summed E-state index contributed by atoms with van der Waals surface area (Å²) in [5.74, 6) is 0.453. The van der Waals surface area contributed by atoms with Gasteiger partial charge >= 0.3 is 5.97 Å². The molecule has 1 saturated heterocycles. The normalized spacial score (nSPS) is 37.7. The van der Waals surface area contributed by atoms with Crippen molar-refractivity contribution in [2.45, 2.75) is 38.4 Å². The summed E-state index contributed by atoms with van der Waals surface area (Å²) in [5.41, 5.74) is 0.0249. The molecular weight excluding hydrogens is 266 g/mol. The highest BCUT2D eigenvalue weighted by Crippen LogP contribution is 2.41. The Labute approximate surface area is 118 Å². The van der Waals surface area contributed by atoms with Crippen LogP contribution in [0.5, 0.6) is 0 Å². The standard InChI is InChI=1S/C13H21NO4S/c1-7-8(2)12-13(19-11(14-12)6-16-4)18-10(7)5-17-9(3)15/h7-8,10,12-13H,5-6H2,1-4H3/t7-,8-,10+,12?,13?/m0/s1. The van der Waals surface area contributed by atoms with Crippen LogP contribution >= 0.6 is 11.8 Å². The molecule has 0 aliphatic carbocycles. The summed E-state index contributed by atoms with van der Waals surface area (Å²) in [6.07, 6.45) is -0.0512. The van der Waals surface area contributed by atoms with Gasteiger partial charge < -0.3 is 14.2 Å². The minimum atomic E-state index is -0.263. The zero-order valence-corrected chi connectivity index (χ0v) is 12.6. The van der Waals surface area contributed by atoms with E-state index in [2.05, 4.69) is 18.8 Å². The Hall–Kier alpha value is -0.590. The second-order valence-electron chi connectivity index (χ2n) is 5.13. The van der Waals surface area contributed by atoms with Crippen molar-refractivity contribution in [3.63, 3.8) is 0 Å². The molecule has 0 aromatic carbocycles. The molecule has 6 heteroatoms. The minimum absolute atomic E-state index is 0.0249. The third-order valence-corrected chi connectivity index (χ3v) is 4.92. The van der Waals surface area contributed by atoms with Crippen molar-refractivity contribution in [3.05, 3.63) is 0 Å². The van der Waals surface area contributed by atoms with Crippen molar-refractivity contribution in [1.29, 1.82) is 0 Å². The number of aliphatic imine (C=N–C) groups is 1. The highest BCUT2D eigenvalue weighted by atomic mass is 32.2. The van der Waals surface area contributed by atoms with E-state index < -0.39 is 0 Å². The zero-order chi connectivity index (χ0) is 14.0. The zero-order valence-electron chi connectivity index (χ0n) is 11.8. The van der Waals surface area contributed by atoms with Crippen LogP contribution in [-0.4, -0.2) is 48.9 Å². The van der Waals surface area contributed by atoms with Crippen molar-refractivity contribution < 1.29 is 19.0 Å². The number of rotatable bonds is 4. The first-order valence-electron chi connectivity index (χ1n) is 6.54. The molecule has 19 heavy (non-hydrogen) atoms.